The monoisotopic (exact) mass is 278 g/mol. The van der Waals surface area contributed by atoms with Crippen molar-refractivity contribution in [3.63, 3.8) is 0 Å². The zero-order valence-corrected chi connectivity index (χ0v) is 12.0. The first-order chi connectivity index (χ1) is 9.52. The number of hydrogen-bond acceptors (Lipinski definition) is 5. The number of nitrogens with two attached hydrogens (primary N) is 1. The molecule has 6 heteroatoms. The molecule has 1 aliphatic rings. The minimum atomic E-state index is -0.367. The minimum absolute atomic E-state index is 0.110. The first-order valence-corrected chi connectivity index (χ1v) is 7.01. The summed E-state index contributed by atoms with van der Waals surface area (Å²) in [5.74, 6) is 6.10. The summed E-state index contributed by atoms with van der Waals surface area (Å²) in [6, 6.07) is 5.31. The molecule has 0 amide bonds. The maximum Gasteiger partial charge on any atom is 0.269 e. The van der Waals surface area contributed by atoms with Gasteiger partial charge in [0.15, 0.2) is 0 Å². The molecule has 6 nitrogen and oxygen atoms in total. The maximum atomic E-state index is 10.9. The lowest BCUT2D eigenvalue weighted by atomic mass is 10.0. The number of hydrazine groups is 1. The molecule has 110 valence electrons. The highest BCUT2D eigenvalue weighted by Gasteiger charge is 2.27. The Kier molecular flexibility index (Phi) is 4.57. The van der Waals surface area contributed by atoms with E-state index in [9.17, 15) is 10.1 Å². The zero-order valence-electron chi connectivity index (χ0n) is 12.0. The molecule has 1 heterocycles. The molecule has 1 aliphatic heterocycles. The summed E-state index contributed by atoms with van der Waals surface area (Å²) in [6.07, 6.45) is 2.38. The first kappa shape index (κ1) is 14.7. The topological polar surface area (TPSA) is 84.4 Å². The van der Waals surface area contributed by atoms with Crippen molar-refractivity contribution in [2.45, 2.75) is 39.3 Å². The lowest BCUT2D eigenvalue weighted by molar-refractivity contribution is -0.384. The van der Waals surface area contributed by atoms with Crippen LogP contribution in [0.4, 0.5) is 11.4 Å². The van der Waals surface area contributed by atoms with Gasteiger partial charge < -0.3 is 5.43 Å². The first-order valence-electron chi connectivity index (χ1n) is 7.01. The van der Waals surface area contributed by atoms with Crippen molar-refractivity contribution >= 4 is 11.4 Å². The van der Waals surface area contributed by atoms with Gasteiger partial charge in [-0.15, -0.1) is 0 Å². The number of nitrogen functional groups attached to an aromatic ring is 1. The third-order valence-corrected chi connectivity index (χ3v) is 4.01. The number of nitrogens with one attached hydrogen (secondary N) is 1. The molecule has 1 aromatic carbocycles. The molecule has 0 bridgehead atoms. The van der Waals surface area contributed by atoms with Crippen LogP contribution in [0.2, 0.25) is 0 Å². The van der Waals surface area contributed by atoms with Gasteiger partial charge in [0.2, 0.25) is 0 Å². The van der Waals surface area contributed by atoms with Crippen LogP contribution in [0.5, 0.6) is 0 Å². The van der Waals surface area contributed by atoms with Crippen molar-refractivity contribution in [2.24, 2.45) is 11.8 Å². The number of nitro groups is 1. The summed E-state index contributed by atoms with van der Waals surface area (Å²) >= 11 is 0. The highest BCUT2D eigenvalue weighted by Crippen LogP contribution is 2.29. The third-order valence-electron chi connectivity index (χ3n) is 4.01. The molecular weight excluding hydrogens is 256 g/mol. The molecule has 0 radical (unpaired) electrons. The van der Waals surface area contributed by atoms with Crippen LogP contribution in [0.1, 0.15) is 32.3 Å². The normalized spacial score (nSPS) is 19.5. The fourth-order valence-corrected chi connectivity index (χ4v) is 2.99. The number of hydrogen-bond donors (Lipinski definition) is 2. The van der Waals surface area contributed by atoms with Crippen LogP contribution in [0.15, 0.2) is 18.2 Å². The molecule has 0 aliphatic carbocycles. The Balaban J connectivity index is 2.23. The molecule has 1 saturated heterocycles. The summed E-state index contributed by atoms with van der Waals surface area (Å²) in [7, 11) is 0. The average Bonchev–Trinajstić information content (AvgIpc) is 2.87. The quantitative estimate of drug-likeness (QED) is 0.491. The molecule has 0 saturated carbocycles. The predicted molar refractivity (Wildman–Crippen MR) is 79.2 cm³/mol. The molecule has 0 aromatic heterocycles. The largest absolute Gasteiger partial charge is 0.324 e. The maximum absolute atomic E-state index is 10.9. The molecule has 1 atom stereocenters. The Hall–Kier alpha value is -1.66. The number of rotatable bonds is 5. The van der Waals surface area contributed by atoms with E-state index in [2.05, 4.69) is 24.2 Å². The van der Waals surface area contributed by atoms with Gasteiger partial charge in [0.1, 0.15) is 0 Å². The van der Waals surface area contributed by atoms with Gasteiger partial charge in [-0.05, 0) is 36.9 Å². The molecule has 1 aromatic rings. The van der Waals surface area contributed by atoms with Crippen molar-refractivity contribution in [1.82, 2.24) is 4.90 Å². The molecule has 0 spiro atoms. The highest BCUT2D eigenvalue weighted by molar-refractivity contribution is 5.55. The van der Waals surface area contributed by atoms with E-state index in [4.69, 9.17) is 5.84 Å². The number of nitro benzene ring substituents is 1. The van der Waals surface area contributed by atoms with Crippen LogP contribution in [0, 0.1) is 16.0 Å². The Morgan fingerprint density at radius 1 is 1.55 bits per heavy atom. The van der Waals surface area contributed by atoms with Gasteiger partial charge in [-0.25, -0.2) is 0 Å². The van der Waals surface area contributed by atoms with Crippen molar-refractivity contribution in [3.8, 4) is 0 Å². The second-order valence-electron chi connectivity index (χ2n) is 5.67. The van der Waals surface area contributed by atoms with E-state index in [1.54, 1.807) is 12.1 Å². The summed E-state index contributed by atoms with van der Waals surface area (Å²) in [4.78, 5) is 12.9. The van der Waals surface area contributed by atoms with E-state index in [0.717, 1.165) is 17.8 Å². The van der Waals surface area contributed by atoms with Gasteiger partial charge in [-0.2, -0.15) is 0 Å². The highest BCUT2D eigenvalue weighted by atomic mass is 16.6. The Bertz CT molecular complexity index is 490. The SMILES string of the molecule is CC(C)C1CCCN1Cc1cc([N+](=O)[O-])ccc1NN. The number of anilines is 1. The van der Waals surface area contributed by atoms with E-state index in [1.807, 2.05) is 0 Å². The van der Waals surface area contributed by atoms with Crippen LogP contribution in [-0.4, -0.2) is 22.4 Å². The minimum Gasteiger partial charge on any atom is -0.324 e. The van der Waals surface area contributed by atoms with Crippen LogP contribution in [-0.2, 0) is 6.54 Å². The number of likely N-dealkylation sites (tertiary alicyclic amines) is 1. The number of benzene rings is 1. The van der Waals surface area contributed by atoms with E-state index >= 15 is 0 Å². The summed E-state index contributed by atoms with van der Waals surface area (Å²) in [6.45, 7) is 6.18. The molecule has 1 fully saturated rings. The van der Waals surface area contributed by atoms with Gasteiger partial charge in [0.05, 0.1) is 10.6 Å². The lowest BCUT2D eigenvalue weighted by Crippen LogP contribution is -2.33. The van der Waals surface area contributed by atoms with Gasteiger partial charge in [0.25, 0.3) is 5.69 Å². The van der Waals surface area contributed by atoms with Crippen molar-refractivity contribution in [2.75, 3.05) is 12.0 Å². The molecule has 3 N–H and O–H groups in total. The molecule has 1 unspecified atom stereocenters. The van der Waals surface area contributed by atoms with Crippen LogP contribution in [0.25, 0.3) is 0 Å². The van der Waals surface area contributed by atoms with Crippen LogP contribution >= 0.6 is 0 Å². The number of nitrogens with zero attached hydrogens (tertiary/aromatic N) is 2. The van der Waals surface area contributed by atoms with Gasteiger partial charge in [-0.3, -0.25) is 20.9 Å². The summed E-state index contributed by atoms with van der Waals surface area (Å²) in [5, 5.41) is 10.9. The Morgan fingerprint density at radius 2 is 2.30 bits per heavy atom. The Morgan fingerprint density at radius 3 is 2.90 bits per heavy atom. The lowest BCUT2D eigenvalue weighted by Gasteiger charge is -2.28. The van der Waals surface area contributed by atoms with E-state index in [0.29, 0.717) is 18.5 Å². The smallest absolute Gasteiger partial charge is 0.269 e. The third kappa shape index (κ3) is 3.08. The average molecular weight is 278 g/mol. The van der Waals surface area contributed by atoms with Crippen molar-refractivity contribution < 1.29 is 4.92 Å². The van der Waals surface area contributed by atoms with Crippen molar-refractivity contribution in [3.05, 3.63) is 33.9 Å². The zero-order chi connectivity index (χ0) is 14.7. The summed E-state index contributed by atoms with van der Waals surface area (Å²) < 4.78 is 0. The Labute approximate surface area is 119 Å². The molecule has 2 rings (SSSR count). The van der Waals surface area contributed by atoms with Crippen molar-refractivity contribution in [1.29, 1.82) is 0 Å². The number of non-ortho nitro benzene ring substituents is 1. The van der Waals surface area contributed by atoms with E-state index in [1.165, 1.54) is 18.9 Å². The summed E-state index contributed by atoms with van der Waals surface area (Å²) in [5.41, 5.74) is 4.38. The van der Waals surface area contributed by atoms with E-state index < -0.39 is 0 Å². The van der Waals surface area contributed by atoms with Crippen LogP contribution < -0.4 is 11.3 Å². The molecule has 20 heavy (non-hydrogen) atoms. The van der Waals surface area contributed by atoms with Gasteiger partial charge >= 0.3 is 0 Å². The fraction of sp³-hybridized carbons (Fsp3) is 0.571. The predicted octanol–water partition coefficient (Wildman–Crippen LogP) is 2.50. The fourth-order valence-electron chi connectivity index (χ4n) is 2.99. The molecular formula is C14H22N4O2. The second-order valence-corrected chi connectivity index (χ2v) is 5.67. The van der Waals surface area contributed by atoms with Gasteiger partial charge in [-0.1, -0.05) is 13.8 Å². The van der Waals surface area contributed by atoms with E-state index in [-0.39, 0.29) is 10.6 Å². The standard InChI is InChI=1S/C14H22N4O2/c1-10(2)14-4-3-7-17(14)9-11-8-12(18(19)20)5-6-13(11)16-15/h5-6,8,10,14,16H,3-4,7,9,15H2,1-2H3. The van der Waals surface area contributed by atoms with Crippen LogP contribution in [0.3, 0.4) is 0 Å². The van der Waals surface area contributed by atoms with Gasteiger partial charge in [0, 0.05) is 24.7 Å². The second kappa shape index (κ2) is 6.19.